The molecule has 3 rings (SSSR count). The zero-order valence-electron chi connectivity index (χ0n) is 9.95. The summed E-state index contributed by atoms with van der Waals surface area (Å²) >= 11 is 5.65. The minimum Gasteiger partial charge on any atom is -0.143 e. The van der Waals surface area contributed by atoms with Crippen molar-refractivity contribution in [3.63, 3.8) is 0 Å². The summed E-state index contributed by atoms with van der Waals surface area (Å²) in [7, 11) is 0. The average molecular weight is 308 g/mol. The van der Waals surface area contributed by atoms with Gasteiger partial charge in [-0.1, -0.05) is 24.0 Å². The molecule has 0 nitrogen and oxygen atoms in total. The summed E-state index contributed by atoms with van der Waals surface area (Å²) in [6.45, 7) is 0.755. The monoisotopic (exact) mass is 308 g/mol. The van der Waals surface area contributed by atoms with Gasteiger partial charge in [0.25, 0.3) is 0 Å². The van der Waals surface area contributed by atoms with Crippen LogP contribution in [0.1, 0.15) is 6.92 Å². The normalized spacial score (nSPS) is 11.6. The van der Waals surface area contributed by atoms with Crippen molar-refractivity contribution in [1.29, 1.82) is 0 Å². The molecule has 0 aromatic carbocycles. The van der Waals surface area contributed by atoms with Crippen LogP contribution in [0.4, 0.5) is 0 Å². The van der Waals surface area contributed by atoms with E-state index >= 15 is 0 Å². The minimum absolute atomic E-state index is 1.46. The lowest BCUT2D eigenvalue weighted by atomic mass is 10.7. The molecule has 0 amide bonds. The van der Waals surface area contributed by atoms with E-state index < -0.39 is 6.89 Å². The number of thiophene rings is 3. The van der Waals surface area contributed by atoms with Gasteiger partial charge in [-0.25, -0.2) is 0 Å². The van der Waals surface area contributed by atoms with Crippen LogP contribution in [0.5, 0.6) is 0 Å². The molecule has 0 unspecified atom stereocenters. The van der Waals surface area contributed by atoms with Crippen LogP contribution in [0.2, 0.25) is 0 Å². The van der Waals surface area contributed by atoms with Crippen LogP contribution in [0.3, 0.4) is 0 Å². The summed E-state index contributed by atoms with van der Waals surface area (Å²) in [6.07, 6.45) is 0. The fourth-order valence-electron chi connectivity index (χ4n) is 2.12. The Morgan fingerprint density at radius 1 is 0.778 bits per heavy atom. The van der Waals surface area contributed by atoms with Gasteiger partial charge in [0.2, 0.25) is 0 Å². The topological polar surface area (TPSA) is 0 Å². The van der Waals surface area contributed by atoms with Gasteiger partial charge in [0.15, 0.2) is 0 Å². The summed E-state index contributed by atoms with van der Waals surface area (Å²) in [5.74, 6) is 2.44. The highest BCUT2D eigenvalue weighted by atomic mass is 32.1. The van der Waals surface area contributed by atoms with Crippen molar-refractivity contribution in [2.45, 2.75) is 6.92 Å². The minimum atomic E-state index is -1.46. The van der Waals surface area contributed by atoms with Gasteiger partial charge in [0.05, 0.1) is 0 Å². The van der Waals surface area contributed by atoms with Gasteiger partial charge in [0, 0.05) is 20.7 Å². The van der Waals surface area contributed by atoms with Crippen LogP contribution in [0.25, 0.3) is 0 Å². The Labute approximate surface area is 120 Å². The molecule has 0 aliphatic carbocycles. The molecule has 0 atom stereocenters. The first kappa shape index (κ1) is 12.4. The van der Waals surface area contributed by atoms with Gasteiger partial charge in [-0.15, -0.1) is 34.0 Å². The van der Waals surface area contributed by atoms with Crippen molar-refractivity contribution in [3.8, 4) is 0 Å². The second-order valence-electron chi connectivity index (χ2n) is 3.83. The molecule has 0 radical (unpaired) electrons. The van der Waals surface area contributed by atoms with E-state index in [0.717, 1.165) is 0 Å². The molecule has 3 aromatic heterocycles. The summed E-state index contributed by atoms with van der Waals surface area (Å²) in [6, 6.07) is 13.4. The van der Waals surface area contributed by atoms with Gasteiger partial charge in [-0.3, -0.25) is 0 Å². The summed E-state index contributed by atoms with van der Waals surface area (Å²) in [5, 5.41) is 6.57. The van der Waals surface area contributed by atoms with Crippen molar-refractivity contribution < 1.29 is 0 Å². The maximum Gasteiger partial charge on any atom is 0.0371 e. The van der Waals surface area contributed by atoms with Crippen LogP contribution in [-0.4, -0.2) is 5.80 Å². The first-order valence-corrected chi connectivity index (χ1v) is 10.2. The smallest absolute Gasteiger partial charge is 0.0371 e. The van der Waals surface area contributed by atoms with Crippen LogP contribution < -0.4 is 13.9 Å². The van der Waals surface area contributed by atoms with E-state index in [1.807, 2.05) is 34.0 Å². The molecule has 0 N–H and O–H groups in total. The number of hydrogen-bond acceptors (Lipinski definition) is 3. The molecule has 0 saturated carbocycles. The summed E-state index contributed by atoms with van der Waals surface area (Å²) in [4.78, 5) is 0. The Hall–Kier alpha value is -0.600. The van der Waals surface area contributed by atoms with Crippen molar-refractivity contribution in [3.05, 3.63) is 52.5 Å². The Morgan fingerprint density at radius 3 is 1.39 bits per heavy atom. The zero-order valence-corrected chi connectivity index (χ0v) is 13.3. The lowest BCUT2D eigenvalue weighted by Gasteiger charge is -2.22. The average Bonchev–Trinajstić information content (AvgIpc) is 3.16. The van der Waals surface area contributed by atoms with Gasteiger partial charge in [-0.2, -0.15) is 0 Å². The van der Waals surface area contributed by atoms with Gasteiger partial charge < -0.3 is 0 Å². The molecule has 18 heavy (non-hydrogen) atoms. The fourth-order valence-corrected chi connectivity index (χ4v) is 11.6. The third-order valence-corrected chi connectivity index (χ3v) is 11.8. The first-order chi connectivity index (χ1) is 8.88. The van der Waals surface area contributed by atoms with Gasteiger partial charge in [0.1, 0.15) is 0 Å². The largest absolute Gasteiger partial charge is 0.143 e. The molecular formula is C14H13PS3. The van der Waals surface area contributed by atoms with E-state index in [-0.39, 0.29) is 0 Å². The van der Waals surface area contributed by atoms with Crippen molar-refractivity contribution in [2.75, 3.05) is 0 Å². The Kier molecular flexibility index (Phi) is 3.58. The SMILES string of the molecule is CC=P(c1cccs1)(c1cccs1)c1cccs1. The van der Waals surface area contributed by atoms with E-state index in [1.165, 1.54) is 13.9 Å². The molecule has 0 fully saturated rings. The molecule has 0 spiro atoms. The highest BCUT2D eigenvalue weighted by Gasteiger charge is 2.26. The maximum absolute atomic E-state index is 2.44. The highest BCUT2D eigenvalue weighted by Crippen LogP contribution is 2.47. The van der Waals surface area contributed by atoms with Crippen LogP contribution in [0.15, 0.2) is 52.5 Å². The maximum atomic E-state index is 2.44. The number of hydrogen-bond donors (Lipinski definition) is 0. The van der Waals surface area contributed by atoms with Crippen LogP contribution in [-0.2, 0) is 0 Å². The Balaban J connectivity index is 2.34. The highest BCUT2D eigenvalue weighted by molar-refractivity contribution is 8.02. The van der Waals surface area contributed by atoms with E-state index in [2.05, 4.69) is 65.3 Å². The van der Waals surface area contributed by atoms with Crippen molar-refractivity contribution in [2.24, 2.45) is 0 Å². The van der Waals surface area contributed by atoms with Crippen molar-refractivity contribution in [1.82, 2.24) is 0 Å². The van der Waals surface area contributed by atoms with Crippen LogP contribution in [0, 0.1) is 0 Å². The standard InChI is InChI=1S/C14H13PS3/c1-2-15(12-6-3-9-16-12,13-7-4-10-17-13)14-8-5-11-18-14/h2-11H,1H3. The van der Waals surface area contributed by atoms with Gasteiger partial charge >= 0.3 is 0 Å². The second-order valence-corrected chi connectivity index (χ2v) is 11.0. The predicted molar refractivity (Wildman–Crippen MR) is 90.5 cm³/mol. The van der Waals surface area contributed by atoms with E-state index in [1.54, 1.807) is 0 Å². The van der Waals surface area contributed by atoms with Gasteiger partial charge in [-0.05, 0) is 41.3 Å². The van der Waals surface area contributed by atoms with E-state index in [4.69, 9.17) is 0 Å². The molecule has 0 aliphatic heterocycles. The quantitative estimate of drug-likeness (QED) is 0.642. The first-order valence-electron chi connectivity index (χ1n) is 5.69. The Morgan fingerprint density at radius 2 is 1.17 bits per heavy atom. The molecule has 0 bridgehead atoms. The Bertz CT molecular complexity index is 555. The fraction of sp³-hybridized carbons (Fsp3) is 0.0714. The lowest BCUT2D eigenvalue weighted by molar-refractivity contribution is 2.03. The van der Waals surface area contributed by atoms with E-state index in [9.17, 15) is 0 Å². The second kappa shape index (κ2) is 5.18. The molecule has 4 heteroatoms. The molecular weight excluding hydrogens is 295 g/mol. The molecule has 0 aliphatic rings. The lowest BCUT2D eigenvalue weighted by Crippen LogP contribution is -2.20. The van der Waals surface area contributed by atoms with Crippen LogP contribution >= 0.6 is 40.9 Å². The number of rotatable bonds is 3. The predicted octanol–water partition coefficient (Wildman–Crippen LogP) is 3.99. The molecule has 3 aromatic rings. The molecule has 92 valence electrons. The summed E-state index contributed by atoms with van der Waals surface area (Å²) in [5.41, 5.74) is 0. The third kappa shape index (κ3) is 1.86. The third-order valence-electron chi connectivity index (χ3n) is 2.95. The summed E-state index contributed by atoms with van der Waals surface area (Å²) < 4.78 is 4.53. The zero-order chi connectivity index (χ0) is 12.4. The van der Waals surface area contributed by atoms with Crippen molar-refractivity contribution >= 4 is 60.5 Å². The molecule has 3 heterocycles. The van der Waals surface area contributed by atoms with E-state index in [0.29, 0.717) is 0 Å². The molecule has 0 saturated heterocycles.